The van der Waals surface area contributed by atoms with Gasteiger partial charge in [0.2, 0.25) is 0 Å². The Hall–Kier alpha value is -5.52. The lowest BCUT2D eigenvalue weighted by molar-refractivity contribution is -0.384. The third kappa shape index (κ3) is 9.27. The van der Waals surface area contributed by atoms with Crippen molar-refractivity contribution in [3.05, 3.63) is 154 Å². The highest BCUT2D eigenvalue weighted by Gasteiger charge is 2.25. The van der Waals surface area contributed by atoms with E-state index in [-0.39, 0.29) is 12.1 Å². The van der Waals surface area contributed by atoms with Crippen molar-refractivity contribution in [1.82, 2.24) is 4.72 Å². The van der Waals surface area contributed by atoms with Gasteiger partial charge in [0.25, 0.3) is 21.6 Å². The van der Waals surface area contributed by atoms with Gasteiger partial charge in [-0.1, -0.05) is 97.1 Å². The van der Waals surface area contributed by atoms with Crippen LogP contribution in [0, 0.1) is 10.1 Å². The first kappa shape index (κ1) is 33.8. The normalized spacial score (nSPS) is 11.8. The van der Waals surface area contributed by atoms with E-state index < -0.39 is 37.5 Å². The van der Waals surface area contributed by atoms with Crippen LogP contribution in [0.25, 0.3) is 11.1 Å². The van der Waals surface area contributed by atoms with E-state index in [0.29, 0.717) is 24.5 Å². The van der Waals surface area contributed by atoms with Crippen molar-refractivity contribution in [3.63, 3.8) is 0 Å². The molecular formula is C37H36N4O6S. The number of nitrogens with two attached hydrogens (primary N) is 1. The first-order valence-corrected chi connectivity index (χ1v) is 16.9. The molecule has 5 rings (SSSR count). The van der Waals surface area contributed by atoms with E-state index >= 15 is 0 Å². The molecule has 0 saturated heterocycles. The van der Waals surface area contributed by atoms with Crippen LogP contribution in [0.5, 0.6) is 5.75 Å². The minimum absolute atomic E-state index is 0.0641. The molecule has 0 bridgehead atoms. The molecule has 5 aromatic rings. The average molecular weight is 665 g/mol. The van der Waals surface area contributed by atoms with Crippen molar-refractivity contribution >= 4 is 27.3 Å². The topological polar surface area (TPSA) is 154 Å². The molecular weight excluding hydrogens is 628 g/mol. The number of rotatable bonds is 15. The number of nitro groups is 1. The van der Waals surface area contributed by atoms with Crippen LogP contribution in [0.3, 0.4) is 0 Å². The number of nitro benzene ring substituents is 1. The Morgan fingerprint density at radius 3 is 2.08 bits per heavy atom. The second-order valence-electron chi connectivity index (χ2n) is 11.2. The highest BCUT2D eigenvalue weighted by molar-refractivity contribution is 7.90. The Morgan fingerprint density at radius 2 is 1.42 bits per heavy atom. The summed E-state index contributed by atoms with van der Waals surface area (Å²) in [7, 11) is -4.42. The summed E-state index contributed by atoms with van der Waals surface area (Å²) in [6, 6.07) is 37.3. The molecule has 0 spiro atoms. The van der Waals surface area contributed by atoms with Gasteiger partial charge in [-0.25, -0.2) is 13.1 Å². The van der Waals surface area contributed by atoms with Crippen molar-refractivity contribution in [1.29, 1.82) is 0 Å². The van der Waals surface area contributed by atoms with Crippen molar-refractivity contribution in [2.75, 3.05) is 11.9 Å². The zero-order valence-corrected chi connectivity index (χ0v) is 26.9. The van der Waals surface area contributed by atoms with Gasteiger partial charge in [-0.2, -0.15) is 0 Å². The number of hydrogen-bond donors (Lipinski definition) is 3. The number of hydrogen-bond acceptors (Lipinski definition) is 8. The van der Waals surface area contributed by atoms with Gasteiger partial charge in [-0.05, 0) is 71.3 Å². The summed E-state index contributed by atoms with van der Waals surface area (Å²) in [4.78, 5) is 23.4. The third-order valence-electron chi connectivity index (χ3n) is 7.69. The Balaban J connectivity index is 1.12. The maximum atomic E-state index is 13.0. The number of aryl methyl sites for hydroxylation is 1. The summed E-state index contributed by atoms with van der Waals surface area (Å²) in [6.45, 7) is 0.821. The maximum absolute atomic E-state index is 13.0. The van der Waals surface area contributed by atoms with Crippen LogP contribution in [0.15, 0.2) is 132 Å². The fraction of sp³-hybridized carbons (Fsp3) is 0.162. The number of sulfonamides is 1. The number of nitrogens with one attached hydrogen (secondary N) is 2. The monoisotopic (exact) mass is 664 g/mol. The molecule has 0 fully saturated rings. The first-order valence-electron chi connectivity index (χ1n) is 15.4. The first-order chi connectivity index (χ1) is 23.2. The summed E-state index contributed by atoms with van der Waals surface area (Å²) in [5.41, 5.74) is 10.9. The molecule has 5 aromatic carbocycles. The molecule has 1 amide bonds. The van der Waals surface area contributed by atoms with E-state index in [1.54, 1.807) is 24.3 Å². The van der Waals surface area contributed by atoms with E-state index in [1.165, 1.54) is 12.1 Å². The maximum Gasteiger partial charge on any atom is 0.293 e. The molecule has 0 saturated carbocycles. The van der Waals surface area contributed by atoms with Gasteiger partial charge in [-0.15, -0.1) is 0 Å². The van der Waals surface area contributed by atoms with Crippen LogP contribution in [-0.4, -0.2) is 31.8 Å². The average Bonchev–Trinajstić information content (AvgIpc) is 3.10. The zero-order chi connectivity index (χ0) is 33.9. The summed E-state index contributed by atoms with van der Waals surface area (Å²) in [5.74, 6) is -0.303. The van der Waals surface area contributed by atoms with Gasteiger partial charge in [0, 0.05) is 12.6 Å². The van der Waals surface area contributed by atoms with Crippen LogP contribution in [-0.2, 0) is 34.3 Å². The molecule has 0 aromatic heterocycles. The molecule has 0 unspecified atom stereocenters. The molecule has 0 heterocycles. The molecule has 48 heavy (non-hydrogen) atoms. The minimum atomic E-state index is -4.42. The van der Waals surface area contributed by atoms with Crippen LogP contribution < -0.4 is 20.5 Å². The smallest absolute Gasteiger partial charge is 0.293 e. The molecule has 0 aliphatic rings. The molecule has 4 N–H and O–H groups in total. The Kier molecular flexibility index (Phi) is 11.2. The summed E-state index contributed by atoms with van der Waals surface area (Å²) in [6.07, 6.45) is 1.56. The molecule has 0 aliphatic heterocycles. The van der Waals surface area contributed by atoms with E-state index in [1.807, 2.05) is 77.5 Å². The van der Waals surface area contributed by atoms with Gasteiger partial charge in [-0.3, -0.25) is 14.9 Å². The summed E-state index contributed by atoms with van der Waals surface area (Å²) < 4.78 is 33.8. The lowest BCUT2D eigenvalue weighted by Crippen LogP contribution is -2.44. The van der Waals surface area contributed by atoms with E-state index in [2.05, 4.69) is 17.4 Å². The van der Waals surface area contributed by atoms with Gasteiger partial charge >= 0.3 is 0 Å². The van der Waals surface area contributed by atoms with Gasteiger partial charge in [0.15, 0.2) is 0 Å². The SMILES string of the molecule is N[C@@H](Cc1ccc(OCc2ccc(-c3ccccc3)cc2)cc1)C(=O)NS(=O)(=O)c1ccc(NCCCc2ccccc2)c([N+](=O)[O-])c1. The fourth-order valence-electron chi connectivity index (χ4n) is 5.07. The van der Waals surface area contributed by atoms with Crippen molar-refractivity contribution in [2.45, 2.75) is 36.8 Å². The van der Waals surface area contributed by atoms with Gasteiger partial charge in [0.05, 0.1) is 15.9 Å². The summed E-state index contributed by atoms with van der Waals surface area (Å²) in [5, 5.41) is 14.7. The lowest BCUT2D eigenvalue weighted by atomic mass is 10.0. The number of nitrogens with zero attached hydrogens (tertiary/aromatic N) is 1. The lowest BCUT2D eigenvalue weighted by Gasteiger charge is -2.14. The predicted octanol–water partition coefficient (Wildman–Crippen LogP) is 6.26. The van der Waals surface area contributed by atoms with E-state index in [9.17, 15) is 23.3 Å². The van der Waals surface area contributed by atoms with Crippen molar-refractivity contribution < 1.29 is 22.9 Å². The second-order valence-corrected chi connectivity index (χ2v) is 12.9. The number of carbonyl (C=O) groups excluding carboxylic acids is 1. The molecule has 10 nitrogen and oxygen atoms in total. The Morgan fingerprint density at radius 1 is 0.792 bits per heavy atom. The van der Waals surface area contributed by atoms with Gasteiger partial charge < -0.3 is 15.8 Å². The third-order valence-corrected chi connectivity index (χ3v) is 9.04. The number of amides is 1. The summed E-state index contributed by atoms with van der Waals surface area (Å²) >= 11 is 0. The molecule has 246 valence electrons. The highest BCUT2D eigenvalue weighted by Crippen LogP contribution is 2.28. The number of ether oxygens (including phenoxy) is 1. The highest BCUT2D eigenvalue weighted by atomic mass is 32.2. The Labute approximate surface area is 279 Å². The molecule has 0 radical (unpaired) electrons. The number of anilines is 1. The fourth-order valence-corrected chi connectivity index (χ4v) is 6.11. The van der Waals surface area contributed by atoms with E-state index in [0.717, 1.165) is 41.2 Å². The number of carbonyl (C=O) groups is 1. The minimum Gasteiger partial charge on any atom is -0.489 e. The van der Waals surface area contributed by atoms with Crippen LogP contribution in [0.4, 0.5) is 11.4 Å². The quantitative estimate of drug-likeness (QED) is 0.0673. The standard InChI is InChI=1S/C37H36N4O6S/c38-34(24-28-15-19-32(20-16-28)47-26-29-13-17-31(18-14-29)30-11-5-2-6-12-30)37(42)40-48(45,46)33-21-22-35(36(25-33)41(43)44)39-23-7-10-27-8-3-1-4-9-27/h1-6,8-9,11-22,25,34,39H,7,10,23-24,26,38H2,(H,40,42)/t34-/m0/s1. The van der Waals surface area contributed by atoms with Crippen LogP contribution in [0.2, 0.25) is 0 Å². The molecule has 11 heteroatoms. The van der Waals surface area contributed by atoms with Crippen molar-refractivity contribution in [2.24, 2.45) is 5.73 Å². The molecule has 1 atom stereocenters. The van der Waals surface area contributed by atoms with Crippen molar-refractivity contribution in [3.8, 4) is 16.9 Å². The Bertz CT molecular complexity index is 1940. The van der Waals surface area contributed by atoms with E-state index in [4.69, 9.17) is 10.5 Å². The molecule has 0 aliphatic carbocycles. The van der Waals surface area contributed by atoms with Gasteiger partial charge in [0.1, 0.15) is 18.0 Å². The van der Waals surface area contributed by atoms with Crippen LogP contribution in [0.1, 0.15) is 23.1 Å². The second kappa shape index (κ2) is 15.9. The zero-order valence-electron chi connectivity index (χ0n) is 26.1. The number of benzene rings is 5. The largest absolute Gasteiger partial charge is 0.489 e. The van der Waals surface area contributed by atoms with Crippen LogP contribution >= 0.6 is 0 Å². The predicted molar refractivity (Wildman–Crippen MR) is 186 cm³/mol.